The molecule has 0 atom stereocenters. The van der Waals surface area contributed by atoms with E-state index in [-0.39, 0.29) is 11.0 Å². The van der Waals surface area contributed by atoms with Crippen molar-refractivity contribution in [3.05, 3.63) is 29.2 Å². The van der Waals surface area contributed by atoms with Gasteiger partial charge in [0.05, 0.1) is 12.6 Å². The van der Waals surface area contributed by atoms with Crippen LogP contribution in [0.15, 0.2) is 18.2 Å². The number of carboxylic acid groups (broad SMARTS) is 1. The van der Waals surface area contributed by atoms with Crippen molar-refractivity contribution in [1.29, 1.82) is 0 Å². The van der Waals surface area contributed by atoms with Gasteiger partial charge in [-0.25, -0.2) is 14.8 Å². The number of fused-ring (bicyclic) bond motifs is 1. The Kier molecular flexibility index (Phi) is 2.62. The lowest BCUT2D eigenvalue weighted by atomic mass is 10.2. The Labute approximate surface area is 95.7 Å². The van der Waals surface area contributed by atoms with Gasteiger partial charge in [0.15, 0.2) is 5.69 Å². The first kappa shape index (κ1) is 10.6. The number of halogens is 1. The summed E-state index contributed by atoms with van der Waals surface area (Å²) < 4.78 is 5.01. The average molecular weight is 239 g/mol. The molecule has 1 aromatic carbocycles. The largest absolute Gasteiger partial charge is 0.497 e. The van der Waals surface area contributed by atoms with Crippen LogP contribution in [-0.4, -0.2) is 28.2 Å². The number of aromatic nitrogens is 2. The third-order valence-electron chi connectivity index (χ3n) is 2.08. The second-order valence-electron chi connectivity index (χ2n) is 3.03. The Bertz CT molecular complexity index is 571. The highest BCUT2D eigenvalue weighted by atomic mass is 35.5. The molecular weight excluding hydrogens is 232 g/mol. The molecule has 0 aliphatic carbocycles. The summed E-state index contributed by atoms with van der Waals surface area (Å²) in [7, 11) is 1.52. The van der Waals surface area contributed by atoms with Crippen molar-refractivity contribution in [3.63, 3.8) is 0 Å². The summed E-state index contributed by atoms with van der Waals surface area (Å²) in [4.78, 5) is 18.6. The molecule has 0 aliphatic heterocycles. The zero-order chi connectivity index (χ0) is 11.7. The van der Waals surface area contributed by atoms with E-state index in [1.165, 1.54) is 7.11 Å². The van der Waals surface area contributed by atoms with Crippen molar-refractivity contribution in [2.75, 3.05) is 7.11 Å². The van der Waals surface area contributed by atoms with E-state index < -0.39 is 5.97 Å². The van der Waals surface area contributed by atoms with Crippen LogP contribution in [0.25, 0.3) is 10.9 Å². The Morgan fingerprint density at radius 1 is 1.44 bits per heavy atom. The lowest BCUT2D eigenvalue weighted by Crippen LogP contribution is -2.03. The normalized spacial score (nSPS) is 10.4. The molecule has 1 heterocycles. The zero-order valence-electron chi connectivity index (χ0n) is 8.27. The van der Waals surface area contributed by atoms with Crippen molar-refractivity contribution in [1.82, 2.24) is 9.97 Å². The molecule has 0 radical (unpaired) electrons. The van der Waals surface area contributed by atoms with Gasteiger partial charge in [-0.05, 0) is 23.7 Å². The molecule has 5 nitrogen and oxygen atoms in total. The van der Waals surface area contributed by atoms with Crippen molar-refractivity contribution in [3.8, 4) is 5.75 Å². The maximum absolute atomic E-state index is 10.9. The summed E-state index contributed by atoms with van der Waals surface area (Å²) in [6.07, 6.45) is 0. The number of aromatic carboxylic acids is 1. The summed E-state index contributed by atoms with van der Waals surface area (Å²) in [5.41, 5.74) is 0.328. The first-order valence-electron chi connectivity index (χ1n) is 4.36. The monoisotopic (exact) mass is 238 g/mol. The fourth-order valence-corrected chi connectivity index (χ4v) is 1.55. The number of rotatable bonds is 2. The molecule has 82 valence electrons. The van der Waals surface area contributed by atoms with Crippen LogP contribution in [0.2, 0.25) is 5.28 Å². The first-order chi connectivity index (χ1) is 7.61. The number of ether oxygens (including phenoxy) is 1. The Morgan fingerprint density at radius 3 is 2.81 bits per heavy atom. The molecule has 6 heteroatoms. The smallest absolute Gasteiger partial charge is 0.355 e. The van der Waals surface area contributed by atoms with Crippen molar-refractivity contribution in [2.45, 2.75) is 0 Å². The Balaban J connectivity index is 2.78. The molecule has 0 bridgehead atoms. The quantitative estimate of drug-likeness (QED) is 0.810. The fourth-order valence-electron chi connectivity index (χ4n) is 1.37. The summed E-state index contributed by atoms with van der Waals surface area (Å²) in [6.45, 7) is 0. The minimum absolute atomic E-state index is 0.0989. The molecule has 0 saturated heterocycles. The van der Waals surface area contributed by atoms with Gasteiger partial charge in [-0.1, -0.05) is 0 Å². The average Bonchev–Trinajstić information content (AvgIpc) is 2.26. The highest BCUT2D eigenvalue weighted by molar-refractivity contribution is 6.29. The maximum Gasteiger partial charge on any atom is 0.355 e. The molecule has 1 N–H and O–H groups in total. The van der Waals surface area contributed by atoms with Gasteiger partial charge in [0.1, 0.15) is 5.75 Å². The number of methoxy groups -OCH3 is 1. The lowest BCUT2D eigenvalue weighted by molar-refractivity contribution is 0.0692. The summed E-state index contributed by atoms with van der Waals surface area (Å²) in [5.74, 6) is -0.557. The van der Waals surface area contributed by atoms with Gasteiger partial charge in [0.2, 0.25) is 5.28 Å². The third-order valence-corrected chi connectivity index (χ3v) is 2.25. The van der Waals surface area contributed by atoms with E-state index >= 15 is 0 Å². The van der Waals surface area contributed by atoms with Gasteiger partial charge >= 0.3 is 5.97 Å². The number of hydrogen-bond donors (Lipinski definition) is 1. The second kappa shape index (κ2) is 3.94. The van der Waals surface area contributed by atoms with E-state index in [9.17, 15) is 4.79 Å². The van der Waals surface area contributed by atoms with Crippen molar-refractivity contribution >= 4 is 28.5 Å². The molecule has 0 fully saturated rings. The summed E-state index contributed by atoms with van der Waals surface area (Å²) in [6, 6.07) is 4.84. The predicted octanol–water partition coefficient (Wildman–Crippen LogP) is 1.99. The van der Waals surface area contributed by atoms with Gasteiger partial charge in [-0.3, -0.25) is 0 Å². The second-order valence-corrected chi connectivity index (χ2v) is 3.37. The third kappa shape index (κ3) is 1.77. The SMILES string of the molecule is COc1ccc2c(C(=O)O)nc(Cl)nc2c1. The zero-order valence-corrected chi connectivity index (χ0v) is 9.02. The first-order valence-corrected chi connectivity index (χ1v) is 4.74. The van der Waals surface area contributed by atoms with Crippen LogP contribution in [0.5, 0.6) is 5.75 Å². The van der Waals surface area contributed by atoms with E-state index in [1.807, 2.05) is 0 Å². The van der Waals surface area contributed by atoms with Gasteiger partial charge in [0, 0.05) is 11.5 Å². The van der Waals surface area contributed by atoms with Crippen LogP contribution in [0.3, 0.4) is 0 Å². The summed E-state index contributed by atoms with van der Waals surface area (Å²) >= 11 is 5.64. The van der Waals surface area contributed by atoms with E-state index in [1.54, 1.807) is 18.2 Å². The van der Waals surface area contributed by atoms with Crippen LogP contribution in [0, 0.1) is 0 Å². The van der Waals surface area contributed by atoms with Crippen LogP contribution < -0.4 is 4.74 Å². The van der Waals surface area contributed by atoms with Crippen molar-refractivity contribution < 1.29 is 14.6 Å². The molecule has 16 heavy (non-hydrogen) atoms. The van der Waals surface area contributed by atoms with Crippen LogP contribution in [-0.2, 0) is 0 Å². The molecule has 2 aromatic rings. The summed E-state index contributed by atoms with van der Waals surface area (Å²) in [5, 5.41) is 9.28. The van der Waals surface area contributed by atoms with Crippen LogP contribution >= 0.6 is 11.6 Å². The van der Waals surface area contributed by atoms with E-state index in [0.29, 0.717) is 16.7 Å². The molecule has 0 saturated carbocycles. The minimum Gasteiger partial charge on any atom is -0.497 e. The number of benzene rings is 1. The van der Waals surface area contributed by atoms with Crippen molar-refractivity contribution in [2.24, 2.45) is 0 Å². The van der Waals surface area contributed by atoms with Crippen LogP contribution in [0.1, 0.15) is 10.5 Å². The molecule has 2 rings (SSSR count). The van der Waals surface area contributed by atoms with Crippen LogP contribution in [0.4, 0.5) is 0 Å². The standard InChI is InChI=1S/C10H7ClN2O3/c1-16-5-2-3-6-7(4-5)12-10(11)13-8(6)9(14)15/h2-4H,1H3,(H,14,15). The highest BCUT2D eigenvalue weighted by Crippen LogP contribution is 2.22. The molecule has 0 aliphatic rings. The number of carbonyl (C=O) groups is 1. The Morgan fingerprint density at radius 2 is 2.19 bits per heavy atom. The van der Waals surface area contributed by atoms with E-state index in [2.05, 4.69) is 9.97 Å². The fraction of sp³-hybridized carbons (Fsp3) is 0.100. The number of nitrogens with zero attached hydrogens (tertiary/aromatic N) is 2. The Hall–Kier alpha value is -1.88. The van der Waals surface area contributed by atoms with Gasteiger partial charge in [-0.2, -0.15) is 0 Å². The molecule has 0 spiro atoms. The molecular formula is C10H7ClN2O3. The van der Waals surface area contributed by atoms with Gasteiger partial charge in [0.25, 0.3) is 0 Å². The van der Waals surface area contributed by atoms with Gasteiger partial charge in [-0.15, -0.1) is 0 Å². The topological polar surface area (TPSA) is 72.3 Å². The maximum atomic E-state index is 10.9. The molecule has 1 aromatic heterocycles. The van der Waals surface area contributed by atoms with E-state index in [4.69, 9.17) is 21.4 Å². The van der Waals surface area contributed by atoms with Gasteiger partial charge < -0.3 is 9.84 Å². The minimum atomic E-state index is -1.14. The number of hydrogen-bond acceptors (Lipinski definition) is 4. The highest BCUT2D eigenvalue weighted by Gasteiger charge is 2.13. The number of carboxylic acids is 1. The lowest BCUT2D eigenvalue weighted by Gasteiger charge is -2.04. The van der Waals surface area contributed by atoms with E-state index in [0.717, 1.165) is 0 Å². The predicted molar refractivity (Wildman–Crippen MR) is 58.1 cm³/mol. The molecule has 0 amide bonds. The molecule has 0 unspecified atom stereocenters.